The summed E-state index contributed by atoms with van der Waals surface area (Å²) in [5.41, 5.74) is 1.09. The van der Waals surface area contributed by atoms with Crippen LogP contribution in [0.1, 0.15) is 12.8 Å². The second kappa shape index (κ2) is 7.25. The zero-order valence-corrected chi connectivity index (χ0v) is 15.6. The van der Waals surface area contributed by atoms with Crippen molar-refractivity contribution in [2.75, 3.05) is 38.2 Å². The molecule has 2 fully saturated rings. The standard InChI is InChI=1S/C21H26N2O4/c1-27-17-4-2-3-16(13-17)22-9-11-23(12-10-22)20(24)18-14-5-7-15(8-6-14)19(18)21(25)26/h2-5,7,13-15,18-19H,6,8-12H2,1H3,(H,25,26). The summed E-state index contributed by atoms with van der Waals surface area (Å²) in [5.74, 6) is -0.902. The molecule has 6 heteroatoms. The number of hydrogen-bond donors (Lipinski definition) is 1. The van der Waals surface area contributed by atoms with Gasteiger partial charge in [-0.25, -0.2) is 0 Å². The quantitative estimate of drug-likeness (QED) is 0.824. The molecule has 1 aliphatic heterocycles. The number of hydrogen-bond acceptors (Lipinski definition) is 4. The summed E-state index contributed by atoms with van der Waals surface area (Å²) in [6.45, 7) is 2.74. The largest absolute Gasteiger partial charge is 0.497 e. The summed E-state index contributed by atoms with van der Waals surface area (Å²) in [6.07, 6.45) is 5.89. The van der Waals surface area contributed by atoms with Gasteiger partial charge in [-0.05, 0) is 36.8 Å². The van der Waals surface area contributed by atoms with Gasteiger partial charge in [0.1, 0.15) is 5.75 Å². The molecule has 27 heavy (non-hydrogen) atoms. The maximum Gasteiger partial charge on any atom is 0.307 e. The fraction of sp³-hybridized carbons (Fsp3) is 0.524. The smallest absolute Gasteiger partial charge is 0.307 e. The number of carbonyl (C=O) groups is 2. The Morgan fingerprint density at radius 1 is 1.04 bits per heavy atom. The Bertz CT molecular complexity index is 754. The summed E-state index contributed by atoms with van der Waals surface area (Å²) in [4.78, 5) is 29.1. The van der Waals surface area contributed by atoms with E-state index in [1.54, 1.807) is 7.11 Å². The Balaban J connectivity index is 1.44. The number of piperazine rings is 1. The molecule has 3 aliphatic carbocycles. The Morgan fingerprint density at radius 3 is 2.30 bits per heavy atom. The first-order valence-corrected chi connectivity index (χ1v) is 9.67. The minimum Gasteiger partial charge on any atom is -0.497 e. The van der Waals surface area contributed by atoms with E-state index in [2.05, 4.69) is 11.0 Å². The number of benzene rings is 1. The van der Waals surface area contributed by atoms with E-state index in [4.69, 9.17) is 4.74 Å². The van der Waals surface area contributed by atoms with Gasteiger partial charge in [0.25, 0.3) is 0 Å². The SMILES string of the molecule is COc1cccc(N2CCN(C(=O)C3C4C=CC(CC4)C3C(=O)O)CC2)c1. The molecule has 144 valence electrons. The number of carboxylic acids is 1. The van der Waals surface area contributed by atoms with Crippen LogP contribution in [0.4, 0.5) is 5.69 Å². The van der Waals surface area contributed by atoms with Crippen LogP contribution in [0.15, 0.2) is 36.4 Å². The van der Waals surface area contributed by atoms with Crippen LogP contribution in [-0.2, 0) is 9.59 Å². The second-order valence-corrected chi connectivity index (χ2v) is 7.69. The average Bonchev–Trinajstić information content (AvgIpc) is 2.73. The molecule has 0 spiro atoms. The average molecular weight is 370 g/mol. The van der Waals surface area contributed by atoms with E-state index in [1.807, 2.05) is 35.2 Å². The minimum absolute atomic E-state index is 0.000442. The van der Waals surface area contributed by atoms with Gasteiger partial charge < -0.3 is 19.6 Å². The van der Waals surface area contributed by atoms with Gasteiger partial charge in [0.15, 0.2) is 0 Å². The normalized spacial score (nSPS) is 29.7. The number of amides is 1. The molecule has 0 aromatic heterocycles. The summed E-state index contributed by atoms with van der Waals surface area (Å²) in [7, 11) is 1.65. The number of fused-ring (bicyclic) bond motifs is 2. The Labute approximate surface area is 159 Å². The van der Waals surface area contributed by atoms with E-state index in [0.29, 0.717) is 13.1 Å². The molecule has 5 rings (SSSR count). The number of carbonyl (C=O) groups excluding carboxylic acids is 1. The molecule has 6 nitrogen and oxygen atoms in total. The molecule has 1 amide bonds. The second-order valence-electron chi connectivity index (χ2n) is 7.69. The first-order chi connectivity index (χ1) is 13.1. The lowest BCUT2D eigenvalue weighted by Crippen LogP contribution is -2.55. The van der Waals surface area contributed by atoms with Crippen LogP contribution < -0.4 is 9.64 Å². The molecule has 4 unspecified atom stereocenters. The molecular formula is C21H26N2O4. The van der Waals surface area contributed by atoms with Crippen LogP contribution in [0, 0.1) is 23.7 Å². The highest BCUT2D eigenvalue weighted by Crippen LogP contribution is 2.45. The Hall–Kier alpha value is -2.50. The number of allylic oxidation sites excluding steroid dienone is 2. The number of nitrogens with zero attached hydrogens (tertiary/aromatic N) is 2. The van der Waals surface area contributed by atoms with Crippen molar-refractivity contribution in [3.05, 3.63) is 36.4 Å². The van der Waals surface area contributed by atoms with Crippen molar-refractivity contribution in [3.8, 4) is 5.75 Å². The summed E-state index contributed by atoms with van der Waals surface area (Å²) >= 11 is 0. The fourth-order valence-electron chi connectivity index (χ4n) is 4.87. The predicted octanol–water partition coefficient (Wildman–Crippen LogP) is 2.26. The van der Waals surface area contributed by atoms with Crippen LogP contribution >= 0.6 is 0 Å². The van der Waals surface area contributed by atoms with Gasteiger partial charge in [-0.1, -0.05) is 18.2 Å². The van der Waals surface area contributed by atoms with E-state index in [-0.39, 0.29) is 17.7 Å². The lowest BCUT2D eigenvalue weighted by atomic mass is 9.62. The summed E-state index contributed by atoms with van der Waals surface area (Å²) in [5, 5.41) is 9.69. The molecule has 4 atom stereocenters. The molecule has 2 bridgehead atoms. The number of carboxylic acid groups (broad SMARTS) is 1. The van der Waals surface area contributed by atoms with E-state index in [0.717, 1.165) is 37.4 Å². The number of methoxy groups -OCH3 is 1. The third-order valence-electron chi connectivity index (χ3n) is 6.33. The van der Waals surface area contributed by atoms with Crippen LogP contribution in [0.2, 0.25) is 0 Å². The van der Waals surface area contributed by atoms with Crippen LogP contribution in [-0.4, -0.2) is 55.2 Å². The third kappa shape index (κ3) is 3.29. The number of anilines is 1. The van der Waals surface area contributed by atoms with Crippen molar-refractivity contribution in [2.45, 2.75) is 12.8 Å². The first-order valence-electron chi connectivity index (χ1n) is 9.67. The van der Waals surface area contributed by atoms with E-state index in [1.165, 1.54) is 0 Å². The molecule has 1 aromatic carbocycles. The van der Waals surface area contributed by atoms with Crippen molar-refractivity contribution >= 4 is 17.6 Å². The molecule has 1 heterocycles. The van der Waals surface area contributed by atoms with E-state index in [9.17, 15) is 14.7 Å². The molecule has 1 saturated heterocycles. The van der Waals surface area contributed by atoms with Crippen LogP contribution in [0.3, 0.4) is 0 Å². The van der Waals surface area contributed by atoms with Crippen molar-refractivity contribution in [1.82, 2.24) is 4.90 Å². The zero-order chi connectivity index (χ0) is 19.0. The maximum absolute atomic E-state index is 13.2. The summed E-state index contributed by atoms with van der Waals surface area (Å²) < 4.78 is 5.29. The first kappa shape index (κ1) is 17.9. The van der Waals surface area contributed by atoms with Gasteiger partial charge in [0.05, 0.1) is 18.9 Å². The van der Waals surface area contributed by atoms with Crippen molar-refractivity contribution in [1.29, 1.82) is 0 Å². The topological polar surface area (TPSA) is 70.1 Å². The molecular weight excluding hydrogens is 344 g/mol. The minimum atomic E-state index is -0.831. The molecule has 1 saturated carbocycles. The van der Waals surface area contributed by atoms with Gasteiger partial charge in [0.2, 0.25) is 5.91 Å². The van der Waals surface area contributed by atoms with Crippen LogP contribution in [0.25, 0.3) is 0 Å². The lowest BCUT2D eigenvalue weighted by molar-refractivity contribution is -0.156. The van der Waals surface area contributed by atoms with Gasteiger partial charge in [-0.3, -0.25) is 9.59 Å². The van der Waals surface area contributed by atoms with Crippen molar-refractivity contribution < 1.29 is 19.4 Å². The Morgan fingerprint density at radius 2 is 1.70 bits per heavy atom. The molecule has 1 aromatic rings. The lowest BCUT2D eigenvalue weighted by Gasteiger charge is -2.45. The van der Waals surface area contributed by atoms with Gasteiger partial charge in [-0.15, -0.1) is 0 Å². The predicted molar refractivity (Wildman–Crippen MR) is 102 cm³/mol. The molecule has 1 N–H and O–H groups in total. The number of ether oxygens (including phenoxy) is 1. The zero-order valence-electron chi connectivity index (χ0n) is 15.6. The highest BCUT2D eigenvalue weighted by molar-refractivity contribution is 5.86. The third-order valence-corrected chi connectivity index (χ3v) is 6.33. The highest BCUT2D eigenvalue weighted by Gasteiger charge is 2.49. The number of aliphatic carboxylic acids is 1. The van der Waals surface area contributed by atoms with E-state index < -0.39 is 17.8 Å². The van der Waals surface area contributed by atoms with Crippen LogP contribution in [0.5, 0.6) is 5.75 Å². The summed E-state index contributed by atoms with van der Waals surface area (Å²) in [6, 6.07) is 7.93. The van der Waals surface area contributed by atoms with E-state index >= 15 is 0 Å². The fourth-order valence-corrected chi connectivity index (χ4v) is 4.87. The van der Waals surface area contributed by atoms with Gasteiger partial charge in [-0.2, -0.15) is 0 Å². The Kier molecular flexibility index (Phi) is 4.81. The highest BCUT2D eigenvalue weighted by atomic mass is 16.5. The van der Waals surface area contributed by atoms with Gasteiger partial charge >= 0.3 is 5.97 Å². The monoisotopic (exact) mass is 370 g/mol. The molecule has 4 aliphatic rings. The maximum atomic E-state index is 13.2. The van der Waals surface area contributed by atoms with Gasteiger partial charge in [0, 0.05) is 37.9 Å². The number of rotatable bonds is 4. The molecule has 0 radical (unpaired) electrons. The van der Waals surface area contributed by atoms with Crippen molar-refractivity contribution in [3.63, 3.8) is 0 Å². The van der Waals surface area contributed by atoms with Crippen molar-refractivity contribution in [2.24, 2.45) is 23.7 Å².